The molecular weight excluding hydrogens is 242 g/mol. The van der Waals surface area contributed by atoms with E-state index in [9.17, 15) is 0 Å². The number of methoxy groups -OCH3 is 1. The van der Waals surface area contributed by atoms with Crippen LogP contribution in [0.2, 0.25) is 5.02 Å². The maximum absolute atomic E-state index is 6.19. The first-order chi connectivity index (χ1) is 7.53. The van der Waals surface area contributed by atoms with E-state index in [1.165, 1.54) is 0 Å². The molecule has 1 atom stereocenters. The Morgan fingerprint density at radius 1 is 1.56 bits per heavy atom. The first-order valence-corrected chi connectivity index (χ1v) is 6.80. The summed E-state index contributed by atoms with van der Waals surface area (Å²) in [6.07, 6.45) is 1.10. The molecule has 16 heavy (non-hydrogen) atoms. The largest absolute Gasteiger partial charge is 0.377 e. The highest BCUT2D eigenvalue weighted by Crippen LogP contribution is 2.36. The third kappa shape index (κ3) is 3.20. The Labute approximate surface area is 107 Å². The third-order valence-electron chi connectivity index (χ3n) is 2.73. The van der Waals surface area contributed by atoms with Crippen LogP contribution in [0.4, 0.5) is 0 Å². The molecule has 0 saturated heterocycles. The van der Waals surface area contributed by atoms with Gasteiger partial charge < -0.3 is 10.1 Å². The number of thiophene rings is 1. The Bertz CT molecular complexity index is 325. The van der Waals surface area contributed by atoms with Gasteiger partial charge in [0.15, 0.2) is 0 Å². The lowest BCUT2D eigenvalue weighted by molar-refractivity contribution is -0.0100. The predicted octanol–water partition coefficient (Wildman–Crippen LogP) is 3.87. The molecule has 92 valence electrons. The summed E-state index contributed by atoms with van der Waals surface area (Å²) in [4.78, 5) is 1.15. The van der Waals surface area contributed by atoms with Crippen LogP contribution in [0.15, 0.2) is 11.4 Å². The Hall–Kier alpha value is -0.0900. The van der Waals surface area contributed by atoms with Crippen LogP contribution in [-0.2, 0) is 4.74 Å². The highest BCUT2D eigenvalue weighted by molar-refractivity contribution is 7.10. The topological polar surface area (TPSA) is 21.3 Å². The van der Waals surface area contributed by atoms with Crippen molar-refractivity contribution < 1.29 is 4.74 Å². The number of hydrogen-bond donors (Lipinski definition) is 1. The van der Waals surface area contributed by atoms with Gasteiger partial charge in [-0.05, 0) is 38.3 Å². The summed E-state index contributed by atoms with van der Waals surface area (Å²) in [7, 11) is 1.74. The van der Waals surface area contributed by atoms with Crippen LogP contribution < -0.4 is 5.32 Å². The van der Waals surface area contributed by atoms with Gasteiger partial charge in [-0.25, -0.2) is 0 Å². The highest BCUT2D eigenvalue weighted by Gasteiger charge is 2.32. The van der Waals surface area contributed by atoms with Gasteiger partial charge in [-0.15, -0.1) is 11.3 Å². The Balaban J connectivity index is 2.92. The van der Waals surface area contributed by atoms with Gasteiger partial charge >= 0.3 is 0 Å². The second-order valence-electron chi connectivity index (χ2n) is 4.33. The van der Waals surface area contributed by atoms with E-state index in [-0.39, 0.29) is 11.6 Å². The van der Waals surface area contributed by atoms with Crippen molar-refractivity contribution in [1.29, 1.82) is 0 Å². The van der Waals surface area contributed by atoms with Gasteiger partial charge in [0, 0.05) is 12.0 Å². The summed E-state index contributed by atoms with van der Waals surface area (Å²) >= 11 is 7.87. The van der Waals surface area contributed by atoms with Crippen LogP contribution in [0.5, 0.6) is 0 Å². The van der Waals surface area contributed by atoms with Gasteiger partial charge in [0.25, 0.3) is 0 Å². The summed E-state index contributed by atoms with van der Waals surface area (Å²) in [6.45, 7) is 7.28. The molecule has 1 aromatic heterocycles. The van der Waals surface area contributed by atoms with Crippen molar-refractivity contribution in [3.8, 4) is 0 Å². The molecule has 0 fully saturated rings. The minimum atomic E-state index is -0.260. The summed E-state index contributed by atoms with van der Waals surface area (Å²) in [5.41, 5.74) is -0.260. The molecule has 1 heterocycles. The fourth-order valence-electron chi connectivity index (χ4n) is 1.57. The van der Waals surface area contributed by atoms with Gasteiger partial charge in [0.1, 0.15) is 0 Å². The zero-order valence-corrected chi connectivity index (χ0v) is 11.9. The highest BCUT2D eigenvalue weighted by atomic mass is 35.5. The van der Waals surface area contributed by atoms with Crippen molar-refractivity contribution in [3.05, 3.63) is 21.3 Å². The van der Waals surface area contributed by atoms with Gasteiger partial charge in [0.2, 0.25) is 0 Å². The number of ether oxygens (including phenoxy) is 1. The second kappa shape index (κ2) is 6.01. The molecule has 0 saturated carbocycles. The number of halogens is 1. The van der Waals surface area contributed by atoms with Crippen molar-refractivity contribution in [2.75, 3.05) is 13.7 Å². The number of nitrogens with one attached hydrogen (secondary N) is 1. The molecule has 1 aromatic rings. The first-order valence-electron chi connectivity index (χ1n) is 5.54. The van der Waals surface area contributed by atoms with Crippen LogP contribution in [0.25, 0.3) is 0 Å². The van der Waals surface area contributed by atoms with E-state index in [2.05, 4.69) is 26.1 Å². The lowest BCUT2D eigenvalue weighted by atomic mass is 9.97. The molecule has 0 aliphatic rings. The summed E-state index contributed by atoms with van der Waals surface area (Å²) in [5, 5.41) is 6.35. The minimum absolute atomic E-state index is 0.143. The van der Waals surface area contributed by atoms with Gasteiger partial charge in [-0.3, -0.25) is 0 Å². The van der Waals surface area contributed by atoms with E-state index >= 15 is 0 Å². The predicted molar refractivity (Wildman–Crippen MR) is 71.5 cm³/mol. The van der Waals surface area contributed by atoms with Crippen LogP contribution in [0.3, 0.4) is 0 Å². The Morgan fingerprint density at radius 3 is 2.69 bits per heavy atom. The van der Waals surface area contributed by atoms with E-state index < -0.39 is 0 Å². The Morgan fingerprint density at radius 2 is 2.25 bits per heavy atom. The molecule has 0 spiro atoms. The molecule has 4 heteroatoms. The van der Waals surface area contributed by atoms with Crippen LogP contribution in [0, 0.1) is 0 Å². The number of hydrogen-bond acceptors (Lipinski definition) is 3. The molecule has 0 amide bonds. The quantitative estimate of drug-likeness (QED) is 0.840. The lowest BCUT2D eigenvalue weighted by Crippen LogP contribution is -2.40. The summed E-state index contributed by atoms with van der Waals surface area (Å²) < 4.78 is 5.56. The molecule has 1 N–H and O–H groups in total. The van der Waals surface area contributed by atoms with Crippen molar-refractivity contribution in [2.45, 2.75) is 38.8 Å². The monoisotopic (exact) mass is 261 g/mol. The second-order valence-corrected chi connectivity index (χ2v) is 5.68. The zero-order chi connectivity index (χ0) is 12.2. The van der Waals surface area contributed by atoms with E-state index in [1.807, 2.05) is 11.4 Å². The molecule has 2 nitrogen and oxygen atoms in total. The third-order valence-corrected chi connectivity index (χ3v) is 4.15. The smallest absolute Gasteiger partial charge is 0.0825 e. The lowest BCUT2D eigenvalue weighted by Gasteiger charge is -2.33. The zero-order valence-electron chi connectivity index (χ0n) is 10.3. The van der Waals surface area contributed by atoms with Crippen LogP contribution in [-0.4, -0.2) is 19.3 Å². The maximum Gasteiger partial charge on any atom is 0.0825 e. The summed E-state index contributed by atoms with van der Waals surface area (Å²) in [5.74, 6) is 0. The molecule has 0 aliphatic heterocycles. The average Bonchev–Trinajstić information content (AvgIpc) is 2.65. The van der Waals surface area contributed by atoms with Crippen LogP contribution >= 0.6 is 22.9 Å². The molecule has 0 aromatic carbocycles. The van der Waals surface area contributed by atoms with E-state index in [0.717, 1.165) is 22.9 Å². The van der Waals surface area contributed by atoms with Crippen molar-refractivity contribution in [3.63, 3.8) is 0 Å². The molecule has 0 bridgehead atoms. The van der Waals surface area contributed by atoms with E-state index in [1.54, 1.807) is 18.4 Å². The van der Waals surface area contributed by atoms with Crippen LogP contribution in [0.1, 0.15) is 38.1 Å². The first kappa shape index (κ1) is 14.0. The standard InChI is InChI=1S/C12H20ClNOS/c1-5-7-14-11(12(2,3)15-4)10-9(13)6-8-16-10/h6,8,11,14H,5,7H2,1-4H3. The van der Waals surface area contributed by atoms with Crippen molar-refractivity contribution >= 4 is 22.9 Å². The minimum Gasteiger partial charge on any atom is -0.377 e. The SMILES string of the molecule is CCCNC(c1sccc1Cl)C(C)(C)OC. The molecule has 1 unspecified atom stereocenters. The van der Waals surface area contributed by atoms with Gasteiger partial charge in [-0.2, -0.15) is 0 Å². The summed E-state index contributed by atoms with van der Waals surface area (Å²) in [6, 6.07) is 2.08. The molecule has 0 aliphatic carbocycles. The van der Waals surface area contributed by atoms with Gasteiger partial charge in [0.05, 0.1) is 16.7 Å². The molecule has 1 rings (SSSR count). The number of rotatable bonds is 6. The molecule has 0 radical (unpaired) electrons. The van der Waals surface area contributed by atoms with E-state index in [4.69, 9.17) is 16.3 Å². The van der Waals surface area contributed by atoms with Gasteiger partial charge in [-0.1, -0.05) is 18.5 Å². The normalized spacial score (nSPS) is 14.1. The fourth-order valence-corrected chi connectivity index (χ4v) is 2.99. The van der Waals surface area contributed by atoms with E-state index in [0.29, 0.717) is 0 Å². The average molecular weight is 262 g/mol. The van der Waals surface area contributed by atoms with Crippen molar-refractivity contribution in [1.82, 2.24) is 5.32 Å². The Kier molecular flexibility index (Phi) is 5.25. The molecular formula is C12H20ClNOS. The fraction of sp³-hybridized carbons (Fsp3) is 0.667. The maximum atomic E-state index is 6.19. The van der Waals surface area contributed by atoms with Crippen molar-refractivity contribution in [2.24, 2.45) is 0 Å².